The monoisotopic (exact) mass is 788 g/mol. The number of hydrogen-bond acceptors (Lipinski definition) is 17. The van der Waals surface area contributed by atoms with Crippen LogP contribution in [0.3, 0.4) is 0 Å². The normalized spacial score (nSPS) is 55.4. The molecule has 7 fully saturated rings. The number of rotatable bonds is 8. The number of fused-ring (bicyclic) bond motifs is 3. The van der Waals surface area contributed by atoms with E-state index in [0.29, 0.717) is 38.5 Å². The molecule has 21 unspecified atom stereocenters. The van der Waals surface area contributed by atoms with Gasteiger partial charge in [0.15, 0.2) is 12.6 Å². The van der Waals surface area contributed by atoms with Crippen molar-refractivity contribution in [2.75, 3.05) is 13.2 Å². The van der Waals surface area contributed by atoms with Gasteiger partial charge >= 0.3 is 5.97 Å². The van der Waals surface area contributed by atoms with Gasteiger partial charge in [0, 0.05) is 0 Å². The molecule has 0 amide bonds. The number of aliphatic hydroxyl groups excluding tert-OH is 10. The minimum atomic E-state index is -1.70. The van der Waals surface area contributed by atoms with Crippen molar-refractivity contribution >= 4 is 5.97 Å². The number of esters is 1. The van der Waals surface area contributed by atoms with Crippen LogP contribution in [0.4, 0.5) is 0 Å². The summed E-state index contributed by atoms with van der Waals surface area (Å²) in [6, 6.07) is 0. The summed E-state index contributed by atoms with van der Waals surface area (Å²) >= 11 is 0. The molecule has 55 heavy (non-hydrogen) atoms. The van der Waals surface area contributed by atoms with E-state index in [4.69, 9.17) is 28.4 Å². The third-order valence-electron chi connectivity index (χ3n) is 14.9. The summed E-state index contributed by atoms with van der Waals surface area (Å²) in [5.41, 5.74) is -1.66. The third-order valence-corrected chi connectivity index (χ3v) is 14.9. The highest BCUT2D eigenvalue weighted by atomic mass is 16.8. The lowest BCUT2D eigenvalue weighted by Gasteiger charge is -2.64. The number of carbonyl (C=O) groups excluding carboxylic acids is 1. The van der Waals surface area contributed by atoms with E-state index in [9.17, 15) is 55.9 Å². The van der Waals surface area contributed by atoms with Crippen LogP contribution in [-0.2, 0) is 33.2 Å². The molecule has 1 spiro atoms. The molecule has 4 saturated carbocycles. The Balaban J connectivity index is 1.10. The standard InChI is InChI=1S/C38H60O17/c1-16-12-37-10-6-20-35(3,8-5-9-36(20,4)34(49)54-32-29(48)26(45)23(42)18(13-39)51-32)21(37)7-11-38(16,15-37)55-33-30(27(46)24(43)19(14-40)52-33)53-31-28(47)25(44)22(41)17(2)50-31/h17-33,39-48H,1,5-15H2,2-4H3. The molecule has 0 aromatic heterocycles. The van der Waals surface area contributed by atoms with Gasteiger partial charge in [-0.2, -0.15) is 0 Å². The fourth-order valence-corrected chi connectivity index (χ4v) is 12.0. The lowest BCUT2D eigenvalue weighted by molar-refractivity contribution is -0.376. The van der Waals surface area contributed by atoms with Crippen molar-refractivity contribution in [3.63, 3.8) is 0 Å². The quantitative estimate of drug-likeness (QED) is 0.0730. The minimum absolute atomic E-state index is 0.108. The fourth-order valence-electron chi connectivity index (χ4n) is 12.0. The molecule has 0 aromatic carbocycles. The molecule has 3 saturated heterocycles. The van der Waals surface area contributed by atoms with E-state index in [0.717, 1.165) is 24.8 Å². The molecule has 2 bridgehead atoms. The van der Waals surface area contributed by atoms with E-state index in [1.165, 1.54) is 6.92 Å². The van der Waals surface area contributed by atoms with Crippen LogP contribution >= 0.6 is 0 Å². The predicted octanol–water partition coefficient (Wildman–Crippen LogP) is -1.91. The van der Waals surface area contributed by atoms with Crippen molar-refractivity contribution in [2.45, 2.75) is 176 Å². The van der Waals surface area contributed by atoms with Gasteiger partial charge in [-0.25, -0.2) is 0 Å². The second-order valence-electron chi connectivity index (χ2n) is 18.0. The van der Waals surface area contributed by atoms with E-state index < -0.39 is 122 Å². The van der Waals surface area contributed by atoms with E-state index in [2.05, 4.69) is 13.5 Å². The second kappa shape index (κ2) is 15.0. The predicted molar refractivity (Wildman–Crippen MR) is 185 cm³/mol. The van der Waals surface area contributed by atoms with Crippen LogP contribution in [0.15, 0.2) is 12.2 Å². The lowest BCUT2D eigenvalue weighted by atomic mass is 9.41. The zero-order valence-corrected chi connectivity index (χ0v) is 31.6. The maximum atomic E-state index is 14.1. The van der Waals surface area contributed by atoms with Crippen LogP contribution in [0.25, 0.3) is 0 Å². The zero-order valence-electron chi connectivity index (χ0n) is 31.6. The highest BCUT2D eigenvalue weighted by Gasteiger charge is 2.69. The summed E-state index contributed by atoms with van der Waals surface area (Å²) in [6.07, 6.45) is -16.2. The Morgan fingerprint density at radius 2 is 1.33 bits per heavy atom. The first-order valence-electron chi connectivity index (χ1n) is 19.7. The van der Waals surface area contributed by atoms with Gasteiger partial charge in [0.05, 0.1) is 30.3 Å². The summed E-state index contributed by atoms with van der Waals surface area (Å²) in [5.74, 6) is -0.536. The van der Waals surface area contributed by atoms with E-state index in [1.54, 1.807) is 0 Å². The molecular weight excluding hydrogens is 728 g/mol. The van der Waals surface area contributed by atoms with Gasteiger partial charge in [0.1, 0.15) is 67.1 Å². The summed E-state index contributed by atoms with van der Waals surface area (Å²) in [7, 11) is 0. The summed E-state index contributed by atoms with van der Waals surface area (Å²) < 4.78 is 35.8. The second-order valence-corrected chi connectivity index (χ2v) is 18.0. The van der Waals surface area contributed by atoms with Gasteiger partial charge in [-0.3, -0.25) is 4.79 Å². The Labute approximate surface area is 319 Å². The number of hydrogen-bond donors (Lipinski definition) is 10. The first-order chi connectivity index (χ1) is 25.9. The van der Waals surface area contributed by atoms with E-state index >= 15 is 0 Å². The highest BCUT2D eigenvalue weighted by Crippen LogP contribution is 2.73. The van der Waals surface area contributed by atoms with Crippen LogP contribution in [-0.4, -0.2) is 168 Å². The van der Waals surface area contributed by atoms with Crippen LogP contribution in [0.1, 0.15) is 78.6 Å². The van der Waals surface area contributed by atoms with Crippen LogP contribution < -0.4 is 0 Å². The molecule has 314 valence electrons. The van der Waals surface area contributed by atoms with Crippen molar-refractivity contribution < 1.29 is 84.3 Å². The molecule has 0 aromatic rings. The first-order valence-corrected chi connectivity index (χ1v) is 19.7. The molecule has 17 heteroatoms. The Kier molecular flexibility index (Phi) is 11.4. The van der Waals surface area contributed by atoms with E-state index in [1.807, 2.05) is 6.92 Å². The Bertz CT molecular complexity index is 1430. The summed E-state index contributed by atoms with van der Waals surface area (Å²) in [5, 5.41) is 104. The molecule has 7 rings (SSSR count). The maximum absolute atomic E-state index is 14.1. The molecule has 7 aliphatic rings. The number of ether oxygens (including phenoxy) is 6. The van der Waals surface area contributed by atoms with Crippen LogP contribution in [0.5, 0.6) is 0 Å². The Hall–Kier alpha value is -1.39. The topological polar surface area (TPSA) is 275 Å². The van der Waals surface area contributed by atoms with Gasteiger partial charge in [-0.05, 0) is 93.5 Å². The SMILES string of the molecule is C=C1CC23CCC4C(C)(C(=O)OC5OC(CO)C(O)C(O)C5O)CCCC4(C)C2CCC1(OC1OC(CO)C(O)C(O)C1OC1OC(C)C(O)C(O)C1O)C3. The summed E-state index contributed by atoms with van der Waals surface area (Å²) in [6.45, 7) is 8.81. The smallest absolute Gasteiger partial charge is 0.314 e. The van der Waals surface area contributed by atoms with Crippen molar-refractivity contribution in [1.82, 2.24) is 0 Å². The van der Waals surface area contributed by atoms with Crippen molar-refractivity contribution in [3.05, 3.63) is 12.2 Å². The average Bonchev–Trinajstić information content (AvgIpc) is 3.35. The Morgan fingerprint density at radius 1 is 0.727 bits per heavy atom. The third kappa shape index (κ3) is 6.63. The molecule has 21 atom stereocenters. The van der Waals surface area contributed by atoms with Gasteiger partial charge in [-0.15, -0.1) is 0 Å². The maximum Gasteiger partial charge on any atom is 0.314 e. The number of aliphatic hydroxyl groups is 10. The van der Waals surface area contributed by atoms with Gasteiger partial charge < -0.3 is 79.5 Å². The van der Waals surface area contributed by atoms with Crippen LogP contribution in [0.2, 0.25) is 0 Å². The molecule has 17 nitrogen and oxygen atoms in total. The lowest BCUT2D eigenvalue weighted by Crippen LogP contribution is -2.65. The Morgan fingerprint density at radius 3 is 2.00 bits per heavy atom. The van der Waals surface area contributed by atoms with Gasteiger partial charge in [-0.1, -0.05) is 19.9 Å². The van der Waals surface area contributed by atoms with E-state index in [-0.39, 0.29) is 22.7 Å². The molecule has 0 radical (unpaired) electrons. The minimum Gasteiger partial charge on any atom is -0.432 e. The average molecular weight is 789 g/mol. The summed E-state index contributed by atoms with van der Waals surface area (Å²) in [4.78, 5) is 14.1. The molecule has 3 aliphatic heterocycles. The molecular formula is C38H60O17. The van der Waals surface area contributed by atoms with Crippen molar-refractivity contribution in [2.24, 2.45) is 28.1 Å². The van der Waals surface area contributed by atoms with Crippen LogP contribution in [0, 0.1) is 28.1 Å². The van der Waals surface area contributed by atoms with Gasteiger partial charge in [0.25, 0.3) is 0 Å². The first kappa shape index (κ1) is 41.8. The molecule has 10 N–H and O–H groups in total. The zero-order chi connectivity index (χ0) is 40.0. The van der Waals surface area contributed by atoms with Gasteiger partial charge in [0.2, 0.25) is 6.29 Å². The van der Waals surface area contributed by atoms with Crippen molar-refractivity contribution in [1.29, 1.82) is 0 Å². The number of carbonyl (C=O) groups is 1. The van der Waals surface area contributed by atoms with Crippen molar-refractivity contribution in [3.8, 4) is 0 Å². The highest BCUT2D eigenvalue weighted by molar-refractivity contribution is 5.77. The largest absolute Gasteiger partial charge is 0.432 e. The molecule has 4 aliphatic carbocycles. The molecule has 3 heterocycles. The fraction of sp³-hybridized carbons (Fsp3) is 0.921.